The van der Waals surface area contributed by atoms with E-state index in [1.54, 1.807) is 61.7 Å². The smallest absolute Gasteiger partial charge is 0.282 e. The summed E-state index contributed by atoms with van der Waals surface area (Å²) in [5, 5.41) is 11.6. The van der Waals surface area contributed by atoms with Crippen molar-refractivity contribution in [2.24, 2.45) is 4.99 Å². The van der Waals surface area contributed by atoms with Crippen LogP contribution in [0.15, 0.2) is 83.5 Å². The van der Waals surface area contributed by atoms with E-state index in [0.717, 1.165) is 0 Å². The molecule has 0 N–H and O–H groups in total. The lowest BCUT2D eigenvalue weighted by atomic mass is 10.1. The lowest BCUT2D eigenvalue weighted by Crippen LogP contribution is -2.32. The van der Waals surface area contributed by atoms with Crippen molar-refractivity contribution >= 4 is 40.8 Å². The average molecular weight is 434 g/mol. The average Bonchev–Trinajstić information content (AvgIpc) is 3.10. The number of aliphatic imine (C=N–C) groups is 1. The molecule has 0 radical (unpaired) electrons. The molecule has 31 heavy (non-hydrogen) atoms. The first kappa shape index (κ1) is 20.3. The second-order valence-electron chi connectivity index (χ2n) is 6.67. The first-order valence-corrected chi connectivity index (χ1v) is 9.63. The molecule has 7 nitrogen and oxygen atoms in total. The minimum absolute atomic E-state index is 0.0640. The fourth-order valence-electron chi connectivity index (χ4n) is 3.19. The Morgan fingerprint density at radius 3 is 2.48 bits per heavy atom. The number of amidine groups is 1. The van der Waals surface area contributed by atoms with Gasteiger partial charge in [0.2, 0.25) is 0 Å². The van der Waals surface area contributed by atoms with Gasteiger partial charge in [-0.1, -0.05) is 35.9 Å². The Morgan fingerprint density at radius 1 is 1.06 bits per heavy atom. The summed E-state index contributed by atoms with van der Waals surface area (Å²) in [6, 6.07) is 20.1. The Bertz CT molecular complexity index is 1240. The van der Waals surface area contributed by atoms with E-state index in [9.17, 15) is 14.9 Å². The molecule has 3 aromatic carbocycles. The summed E-state index contributed by atoms with van der Waals surface area (Å²) in [5.41, 5.74) is 1.87. The van der Waals surface area contributed by atoms with E-state index in [-0.39, 0.29) is 17.3 Å². The van der Waals surface area contributed by atoms with Gasteiger partial charge < -0.3 is 4.74 Å². The molecule has 0 saturated heterocycles. The zero-order chi connectivity index (χ0) is 22.0. The number of methoxy groups -OCH3 is 1. The number of carbonyl (C=O) groups excluding carboxylic acids is 1. The van der Waals surface area contributed by atoms with E-state index >= 15 is 0 Å². The predicted molar refractivity (Wildman–Crippen MR) is 120 cm³/mol. The van der Waals surface area contributed by atoms with Gasteiger partial charge in [0.25, 0.3) is 11.6 Å². The van der Waals surface area contributed by atoms with E-state index in [1.165, 1.54) is 23.1 Å². The van der Waals surface area contributed by atoms with Gasteiger partial charge in [-0.25, -0.2) is 4.99 Å². The normalized spacial score (nSPS) is 14.6. The van der Waals surface area contributed by atoms with Gasteiger partial charge in [0.1, 0.15) is 17.3 Å². The molecule has 4 rings (SSSR count). The topological polar surface area (TPSA) is 85.0 Å². The molecule has 3 aromatic rings. The van der Waals surface area contributed by atoms with Crippen molar-refractivity contribution < 1.29 is 14.5 Å². The molecule has 0 fully saturated rings. The number of hydrogen-bond acceptors (Lipinski definition) is 5. The molecule has 1 heterocycles. The van der Waals surface area contributed by atoms with E-state index in [0.29, 0.717) is 33.4 Å². The van der Waals surface area contributed by atoms with E-state index in [2.05, 4.69) is 4.99 Å². The van der Waals surface area contributed by atoms with Gasteiger partial charge in [-0.15, -0.1) is 0 Å². The number of anilines is 1. The third-order valence-corrected chi connectivity index (χ3v) is 4.89. The van der Waals surface area contributed by atoms with Crippen molar-refractivity contribution in [2.45, 2.75) is 0 Å². The third-order valence-electron chi connectivity index (χ3n) is 4.66. The van der Waals surface area contributed by atoms with Crippen molar-refractivity contribution in [2.75, 3.05) is 12.0 Å². The van der Waals surface area contributed by atoms with Crippen molar-refractivity contribution in [3.05, 3.63) is 105 Å². The number of rotatable bonds is 5. The molecule has 0 spiro atoms. The number of nitrogens with zero attached hydrogens (tertiary/aromatic N) is 3. The summed E-state index contributed by atoms with van der Waals surface area (Å²) in [6.07, 6.45) is 1.53. The fraction of sp³-hybridized carbons (Fsp3) is 0.0435. The molecule has 8 heteroatoms. The van der Waals surface area contributed by atoms with Crippen LogP contribution in [0, 0.1) is 10.1 Å². The highest BCUT2D eigenvalue weighted by atomic mass is 35.5. The number of benzene rings is 3. The number of nitro groups is 1. The molecule has 0 atom stereocenters. The van der Waals surface area contributed by atoms with Crippen LogP contribution in [0.3, 0.4) is 0 Å². The van der Waals surface area contributed by atoms with Crippen LogP contribution in [-0.4, -0.2) is 23.8 Å². The van der Waals surface area contributed by atoms with Crippen LogP contribution < -0.4 is 9.64 Å². The summed E-state index contributed by atoms with van der Waals surface area (Å²) in [5.74, 6) is 0.713. The summed E-state index contributed by atoms with van der Waals surface area (Å²) < 4.78 is 5.20. The van der Waals surface area contributed by atoms with E-state index in [4.69, 9.17) is 16.3 Å². The Kier molecular flexibility index (Phi) is 5.51. The molecule has 0 bridgehead atoms. The Hall–Kier alpha value is -3.97. The summed E-state index contributed by atoms with van der Waals surface area (Å²) in [7, 11) is 1.56. The first-order valence-electron chi connectivity index (χ1n) is 9.25. The lowest BCUT2D eigenvalue weighted by molar-refractivity contribution is -0.384. The summed E-state index contributed by atoms with van der Waals surface area (Å²) in [6.45, 7) is 0. The molecular weight excluding hydrogens is 418 g/mol. The molecule has 0 unspecified atom stereocenters. The van der Waals surface area contributed by atoms with Crippen LogP contribution in [0.2, 0.25) is 5.02 Å². The quantitative estimate of drug-likeness (QED) is 0.318. The van der Waals surface area contributed by atoms with Crippen LogP contribution in [0.5, 0.6) is 5.75 Å². The molecule has 154 valence electrons. The lowest BCUT2D eigenvalue weighted by Gasteiger charge is -2.19. The van der Waals surface area contributed by atoms with Crippen molar-refractivity contribution in [1.82, 2.24) is 0 Å². The maximum absolute atomic E-state index is 13.3. The zero-order valence-corrected chi connectivity index (χ0v) is 17.1. The summed E-state index contributed by atoms with van der Waals surface area (Å²) >= 11 is 6.15. The number of hydrogen-bond donors (Lipinski definition) is 0. The summed E-state index contributed by atoms with van der Waals surface area (Å²) in [4.78, 5) is 29.9. The van der Waals surface area contributed by atoms with Gasteiger partial charge in [0.05, 0.1) is 17.7 Å². The Morgan fingerprint density at radius 2 is 1.81 bits per heavy atom. The highest BCUT2D eigenvalue weighted by Gasteiger charge is 2.32. The highest BCUT2D eigenvalue weighted by Crippen LogP contribution is 2.30. The number of halogens is 1. The number of carbonyl (C=O) groups is 1. The minimum atomic E-state index is -0.483. The zero-order valence-electron chi connectivity index (χ0n) is 16.4. The second kappa shape index (κ2) is 8.41. The molecule has 0 aromatic heterocycles. The largest absolute Gasteiger partial charge is 0.497 e. The van der Waals surface area contributed by atoms with Gasteiger partial charge in [-0.3, -0.25) is 19.8 Å². The maximum Gasteiger partial charge on any atom is 0.282 e. The first-order chi connectivity index (χ1) is 15.0. The van der Waals surface area contributed by atoms with E-state index < -0.39 is 4.92 Å². The van der Waals surface area contributed by atoms with Crippen LogP contribution in [0.4, 0.5) is 11.4 Å². The van der Waals surface area contributed by atoms with Crippen LogP contribution in [-0.2, 0) is 4.79 Å². The molecule has 0 saturated carbocycles. The highest BCUT2D eigenvalue weighted by molar-refractivity contribution is 6.35. The maximum atomic E-state index is 13.3. The fourth-order valence-corrected chi connectivity index (χ4v) is 3.39. The van der Waals surface area contributed by atoms with Crippen LogP contribution >= 0.6 is 11.6 Å². The number of non-ortho nitro benzene ring substituents is 1. The Labute approximate surface area is 183 Å². The molecule has 1 amide bonds. The number of ether oxygens (including phenoxy) is 1. The van der Waals surface area contributed by atoms with Gasteiger partial charge in [0, 0.05) is 22.7 Å². The number of amides is 1. The van der Waals surface area contributed by atoms with Crippen molar-refractivity contribution in [1.29, 1.82) is 0 Å². The molecule has 1 aliphatic rings. The van der Waals surface area contributed by atoms with Gasteiger partial charge >= 0.3 is 0 Å². The predicted octanol–water partition coefficient (Wildman–Crippen LogP) is 5.09. The van der Waals surface area contributed by atoms with Gasteiger partial charge in [-0.2, -0.15) is 0 Å². The molecule has 1 aliphatic heterocycles. The van der Waals surface area contributed by atoms with Crippen LogP contribution in [0.25, 0.3) is 6.08 Å². The molecule has 0 aliphatic carbocycles. The SMILES string of the molecule is COc1ccc(N2C(=O)/C(=C\c3cccc([N+](=O)[O-])c3)N=C2c2cccc(Cl)c2)cc1. The molecular formula is C23H16ClN3O4. The monoisotopic (exact) mass is 433 g/mol. The van der Waals surface area contributed by atoms with Crippen molar-refractivity contribution in [3.8, 4) is 5.75 Å². The Balaban J connectivity index is 1.81. The van der Waals surface area contributed by atoms with Crippen molar-refractivity contribution in [3.63, 3.8) is 0 Å². The standard InChI is InChI=1S/C23H16ClN3O4/c1-31-20-10-8-18(9-11-20)26-22(16-5-3-6-17(24)14-16)25-21(23(26)28)13-15-4-2-7-19(12-15)27(29)30/h2-14H,1H3/b21-13+. The van der Waals surface area contributed by atoms with Gasteiger partial charge in [0.15, 0.2) is 0 Å². The van der Waals surface area contributed by atoms with Gasteiger partial charge in [-0.05, 0) is 48.0 Å². The second-order valence-corrected chi connectivity index (χ2v) is 7.10. The van der Waals surface area contributed by atoms with Crippen LogP contribution in [0.1, 0.15) is 11.1 Å². The minimum Gasteiger partial charge on any atom is -0.497 e. The third kappa shape index (κ3) is 4.17. The van der Waals surface area contributed by atoms with E-state index in [1.807, 2.05) is 6.07 Å². The number of nitro benzene ring substituents is 1.